The molecule has 0 saturated carbocycles. The van der Waals surface area contributed by atoms with Gasteiger partial charge in [0.25, 0.3) is 0 Å². The van der Waals surface area contributed by atoms with Crippen molar-refractivity contribution in [3.63, 3.8) is 0 Å². The molecule has 1 aromatic heterocycles. The average Bonchev–Trinajstić information content (AvgIpc) is 2.98. The zero-order valence-electron chi connectivity index (χ0n) is 15.5. The summed E-state index contributed by atoms with van der Waals surface area (Å²) in [4.78, 5) is 21.8. The lowest BCUT2D eigenvalue weighted by molar-refractivity contribution is -0.127. The van der Waals surface area contributed by atoms with Gasteiger partial charge in [0.2, 0.25) is 11.8 Å². The minimum Gasteiger partial charge on any atom is -0.443 e. The fourth-order valence-corrected chi connectivity index (χ4v) is 1.94. The molecule has 0 aliphatic rings. The van der Waals surface area contributed by atoms with E-state index >= 15 is 0 Å². The lowest BCUT2D eigenvalue weighted by Crippen LogP contribution is -2.39. The molecule has 0 radical (unpaired) electrons. The molecule has 24 heavy (non-hydrogen) atoms. The molecular formula is C16H29N5O2S. The normalized spacial score (nSPS) is 12.2. The molecule has 136 valence electrons. The number of nitrogens with zero attached hydrogens (tertiary/aromatic N) is 3. The highest BCUT2D eigenvalue weighted by Crippen LogP contribution is 2.22. The van der Waals surface area contributed by atoms with Crippen molar-refractivity contribution in [2.45, 2.75) is 32.7 Å². The minimum absolute atomic E-state index is 0.0490. The summed E-state index contributed by atoms with van der Waals surface area (Å²) in [6.45, 7) is 7.51. The number of carbonyl (C=O) groups is 1. The van der Waals surface area contributed by atoms with Crippen molar-refractivity contribution in [3.05, 3.63) is 17.8 Å². The number of hydrogen-bond donors (Lipinski definition) is 2. The van der Waals surface area contributed by atoms with E-state index in [0.29, 0.717) is 18.4 Å². The van der Waals surface area contributed by atoms with Crippen molar-refractivity contribution in [2.75, 3.05) is 39.2 Å². The maximum atomic E-state index is 11.7. The molecule has 1 rings (SSSR count). The van der Waals surface area contributed by atoms with Crippen molar-refractivity contribution in [3.8, 4) is 0 Å². The molecule has 0 fully saturated rings. The Balaban J connectivity index is 2.65. The molecule has 1 heterocycles. The van der Waals surface area contributed by atoms with Gasteiger partial charge in [0, 0.05) is 31.8 Å². The number of carbonyl (C=O) groups excluding carboxylic acids is 1. The maximum Gasteiger partial charge on any atom is 0.243 e. The highest BCUT2D eigenvalue weighted by Gasteiger charge is 2.19. The molecule has 7 nitrogen and oxygen atoms in total. The first kappa shape index (κ1) is 20.3. The Morgan fingerprint density at radius 1 is 1.38 bits per heavy atom. The van der Waals surface area contributed by atoms with Gasteiger partial charge in [-0.2, -0.15) is 11.8 Å². The molecule has 0 saturated heterocycles. The van der Waals surface area contributed by atoms with Crippen LogP contribution in [0.25, 0.3) is 0 Å². The average molecular weight is 356 g/mol. The second kappa shape index (κ2) is 9.56. The highest BCUT2D eigenvalue weighted by molar-refractivity contribution is 7.98. The van der Waals surface area contributed by atoms with Gasteiger partial charge in [-0.1, -0.05) is 20.8 Å². The predicted molar refractivity (Wildman–Crippen MR) is 99.4 cm³/mol. The zero-order valence-corrected chi connectivity index (χ0v) is 16.3. The third-order valence-electron chi connectivity index (χ3n) is 3.17. The van der Waals surface area contributed by atoms with Crippen molar-refractivity contribution in [1.29, 1.82) is 0 Å². The Morgan fingerprint density at radius 2 is 2.08 bits per heavy atom. The molecule has 0 aliphatic heterocycles. The summed E-state index contributed by atoms with van der Waals surface area (Å²) in [7, 11) is 3.43. The number of aromatic nitrogens is 1. The number of aliphatic imine (C=N–C) groups is 1. The molecule has 0 bridgehead atoms. The van der Waals surface area contributed by atoms with Gasteiger partial charge in [-0.25, -0.2) is 9.98 Å². The largest absolute Gasteiger partial charge is 0.443 e. The maximum absolute atomic E-state index is 11.7. The van der Waals surface area contributed by atoms with E-state index in [1.165, 1.54) is 4.90 Å². The van der Waals surface area contributed by atoms with Crippen LogP contribution < -0.4 is 10.6 Å². The summed E-state index contributed by atoms with van der Waals surface area (Å²) >= 11 is 1.74. The topological polar surface area (TPSA) is 82.8 Å². The third-order valence-corrected chi connectivity index (χ3v) is 3.78. The summed E-state index contributed by atoms with van der Waals surface area (Å²) in [6.07, 6.45) is 3.80. The fourth-order valence-electron chi connectivity index (χ4n) is 1.63. The third kappa shape index (κ3) is 7.25. The standard InChI is InChI=1S/C16H29N5O2S/c1-16(2,3)12-9-18-13(23-12)10-19-15(17-7-8-24-6)20-11-14(22)21(4)5/h9H,7-8,10-11H2,1-6H3,(H2,17,19,20). The highest BCUT2D eigenvalue weighted by atomic mass is 32.2. The molecule has 0 aromatic carbocycles. The van der Waals surface area contributed by atoms with Crippen LogP contribution in [0.2, 0.25) is 0 Å². The Hall–Kier alpha value is -1.70. The van der Waals surface area contributed by atoms with Crippen molar-refractivity contribution in [1.82, 2.24) is 20.5 Å². The first-order valence-electron chi connectivity index (χ1n) is 7.90. The molecule has 0 aliphatic carbocycles. The Labute approximate surface area is 148 Å². The Morgan fingerprint density at radius 3 is 2.62 bits per heavy atom. The molecule has 2 N–H and O–H groups in total. The van der Waals surface area contributed by atoms with Gasteiger partial charge in [0.1, 0.15) is 12.3 Å². The van der Waals surface area contributed by atoms with Crippen LogP contribution in [0.4, 0.5) is 0 Å². The molecule has 8 heteroatoms. The van der Waals surface area contributed by atoms with E-state index in [4.69, 9.17) is 4.42 Å². The summed E-state index contributed by atoms with van der Waals surface area (Å²) < 4.78 is 5.75. The molecule has 1 amide bonds. The molecule has 0 spiro atoms. The van der Waals surface area contributed by atoms with Crippen molar-refractivity contribution in [2.24, 2.45) is 4.99 Å². The van der Waals surface area contributed by atoms with Crippen molar-refractivity contribution < 1.29 is 9.21 Å². The first-order chi connectivity index (χ1) is 11.2. The second-order valence-corrected chi connectivity index (χ2v) is 7.58. The molecule has 1 aromatic rings. The summed E-state index contributed by atoms with van der Waals surface area (Å²) in [6, 6.07) is 0. The monoisotopic (exact) mass is 355 g/mol. The van der Waals surface area contributed by atoms with Gasteiger partial charge >= 0.3 is 0 Å². The number of thioether (sulfide) groups is 1. The van der Waals surface area contributed by atoms with Gasteiger partial charge in [0.15, 0.2) is 5.96 Å². The summed E-state index contributed by atoms with van der Waals surface area (Å²) in [5, 5.41) is 6.36. The number of likely N-dealkylation sites (N-methyl/N-ethyl adjacent to an activating group) is 1. The van der Waals surface area contributed by atoms with E-state index < -0.39 is 0 Å². The lowest BCUT2D eigenvalue weighted by Gasteiger charge is -2.14. The van der Waals surface area contributed by atoms with Gasteiger partial charge in [-0.15, -0.1) is 0 Å². The lowest BCUT2D eigenvalue weighted by atomic mass is 9.94. The molecule has 0 unspecified atom stereocenters. The van der Waals surface area contributed by atoms with Crippen molar-refractivity contribution >= 4 is 23.6 Å². The minimum atomic E-state index is -0.0725. The van der Waals surface area contributed by atoms with Crippen LogP contribution in [0.1, 0.15) is 32.4 Å². The second-order valence-electron chi connectivity index (χ2n) is 6.59. The number of hydrogen-bond acceptors (Lipinski definition) is 5. The van der Waals surface area contributed by atoms with Crippen LogP contribution in [-0.4, -0.2) is 60.9 Å². The predicted octanol–water partition coefficient (Wildman–Crippen LogP) is 1.46. The summed E-state index contributed by atoms with van der Waals surface area (Å²) in [5.41, 5.74) is -0.0725. The Bertz CT molecular complexity index is 549. The first-order valence-corrected chi connectivity index (χ1v) is 9.30. The van der Waals surface area contributed by atoms with E-state index in [1.807, 2.05) is 6.26 Å². The van der Waals surface area contributed by atoms with E-state index in [9.17, 15) is 4.79 Å². The van der Waals surface area contributed by atoms with E-state index in [-0.39, 0.29) is 17.9 Å². The zero-order chi connectivity index (χ0) is 18.2. The van der Waals surface area contributed by atoms with E-state index in [2.05, 4.69) is 41.4 Å². The number of guanidine groups is 1. The molecule has 0 atom stereocenters. The van der Waals surface area contributed by atoms with Crippen LogP contribution >= 0.6 is 11.8 Å². The summed E-state index contributed by atoms with van der Waals surface area (Å²) in [5.74, 6) is 2.92. The van der Waals surface area contributed by atoms with Crippen LogP contribution in [0.5, 0.6) is 0 Å². The van der Waals surface area contributed by atoms with Crippen LogP contribution in [0.15, 0.2) is 15.6 Å². The smallest absolute Gasteiger partial charge is 0.243 e. The number of rotatable bonds is 7. The SMILES string of the molecule is CSCCNC(=NCC(=O)N(C)C)NCc1ncc(C(C)(C)C)o1. The van der Waals surface area contributed by atoms with Crippen LogP contribution in [0, 0.1) is 0 Å². The van der Waals surface area contributed by atoms with Gasteiger partial charge < -0.3 is 20.0 Å². The molecular weight excluding hydrogens is 326 g/mol. The van der Waals surface area contributed by atoms with Gasteiger partial charge in [0.05, 0.1) is 12.7 Å². The number of amides is 1. The van der Waals surface area contributed by atoms with Gasteiger partial charge in [-0.05, 0) is 6.26 Å². The number of nitrogens with one attached hydrogen (secondary N) is 2. The van der Waals surface area contributed by atoms with E-state index in [1.54, 1.807) is 32.1 Å². The fraction of sp³-hybridized carbons (Fsp3) is 0.688. The van der Waals surface area contributed by atoms with E-state index in [0.717, 1.165) is 18.1 Å². The van der Waals surface area contributed by atoms with Crippen LogP contribution in [0.3, 0.4) is 0 Å². The van der Waals surface area contributed by atoms with Crippen LogP contribution in [-0.2, 0) is 16.8 Å². The quantitative estimate of drug-likeness (QED) is 0.438. The number of oxazole rings is 1. The van der Waals surface area contributed by atoms with Gasteiger partial charge in [-0.3, -0.25) is 4.79 Å². The Kier molecular flexibility index (Phi) is 8.10.